The summed E-state index contributed by atoms with van der Waals surface area (Å²) in [5.41, 5.74) is 0. The van der Waals surface area contributed by atoms with E-state index >= 15 is 0 Å². The van der Waals surface area contributed by atoms with Crippen LogP contribution in [0.1, 0.15) is 44.9 Å². The molecule has 0 heterocycles. The Morgan fingerprint density at radius 1 is 1.23 bits per heavy atom. The van der Waals surface area contributed by atoms with Crippen LogP contribution in [0.5, 0.6) is 0 Å². The third-order valence-corrected chi connectivity index (χ3v) is 2.73. The predicted octanol–water partition coefficient (Wildman–Crippen LogP) is 2.45. The number of carbonyl (C=O) groups is 1. The number of alkyl halides is 1. The van der Waals surface area contributed by atoms with E-state index in [0.717, 1.165) is 12.8 Å². The van der Waals surface area contributed by atoms with Gasteiger partial charge in [0.2, 0.25) is 5.91 Å². The lowest BCUT2D eigenvalue weighted by atomic mass is 10.1. The molecular formula is C10H18ClNO. The number of carbonyl (C=O) groups excluding carboxylic acids is 1. The molecule has 76 valence electrons. The largest absolute Gasteiger partial charge is 0.353 e. The van der Waals surface area contributed by atoms with E-state index in [1.807, 2.05) is 0 Å². The zero-order chi connectivity index (χ0) is 9.52. The van der Waals surface area contributed by atoms with Gasteiger partial charge in [0, 0.05) is 18.3 Å². The van der Waals surface area contributed by atoms with E-state index in [1.54, 1.807) is 0 Å². The Kier molecular flexibility index (Phi) is 5.21. The van der Waals surface area contributed by atoms with E-state index in [9.17, 15) is 4.79 Å². The lowest BCUT2D eigenvalue weighted by molar-refractivity contribution is -0.121. The predicted molar refractivity (Wildman–Crippen MR) is 55.0 cm³/mol. The van der Waals surface area contributed by atoms with Gasteiger partial charge in [-0.05, 0) is 12.8 Å². The van der Waals surface area contributed by atoms with E-state index < -0.39 is 0 Å². The van der Waals surface area contributed by atoms with Crippen molar-refractivity contribution in [3.63, 3.8) is 0 Å². The van der Waals surface area contributed by atoms with Gasteiger partial charge in [-0.3, -0.25) is 4.79 Å². The van der Waals surface area contributed by atoms with Crippen molar-refractivity contribution >= 4 is 17.5 Å². The highest BCUT2D eigenvalue weighted by Crippen LogP contribution is 2.17. The summed E-state index contributed by atoms with van der Waals surface area (Å²) in [5.74, 6) is 0.542. The molecule has 0 spiro atoms. The van der Waals surface area contributed by atoms with Gasteiger partial charge < -0.3 is 5.32 Å². The molecule has 1 saturated carbocycles. The van der Waals surface area contributed by atoms with Crippen molar-refractivity contribution < 1.29 is 4.79 Å². The summed E-state index contributed by atoms with van der Waals surface area (Å²) in [7, 11) is 0. The third kappa shape index (κ3) is 4.51. The maximum atomic E-state index is 11.2. The average Bonchev–Trinajstić information content (AvgIpc) is 2.33. The van der Waals surface area contributed by atoms with E-state index in [0.29, 0.717) is 18.3 Å². The molecule has 1 aliphatic rings. The Hall–Kier alpha value is -0.240. The van der Waals surface area contributed by atoms with Crippen LogP contribution in [-0.4, -0.2) is 17.8 Å². The molecule has 0 aromatic heterocycles. The van der Waals surface area contributed by atoms with Gasteiger partial charge in [-0.15, -0.1) is 11.6 Å². The van der Waals surface area contributed by atoms with Crippen molar-refractivity contribution in [2.75, 3.05) is 5.88 Å². The minimum Gasteiger partial charge on any atom is -0.353 e. The van der Waals surface area contributed by atoms with Gasteiger partial charge in [-0.1, -0.05) is 25.7 Å². The second-order valence-corrected chi connectivity index (χ2v) is 4.07. The SMILES string of the molecule is O=C(CCCl)NC1CCCCCC1. The first-order valence-electron chi connectivity index (χ1n) is 5.18. The zero-order valence-electron chi connectivity index (χ0n) is 8.02. The summed E-state index contributed by atoms with van der Waals surface area (Å²) >= 11 is 5.49. The van der Waals surface area contributed by atoms with Crippen LogP contribution in [0, 0.1) is 0 Å². The fourth-order valence-electron chi connectivity index (χ4n) is 1.81. The van der Waals surface area contributed by atoms with Crippen LogP contribution in [0.4, 0.5) is 0 Å². The first-order valence-corrected chi connectivity index (χ1v) is 5.71. The maximum absolute atomic E-state index is 11.2. The van der Waals surface area contributed by atoms with Gasteiger partial charge in [0.1, 0.15) is 0 Å². The molecule has 0 aromatic carbocycles. The molecule has 1 N–H and O–H groups in total. The molecule has 3 heteroatoms. The Bertz CT molecular complexity index is 153. The van der Waals surface area contributed by atoms with Crippen LogP contribution in [0.25, 0.3) is 0 Å². The average molecular weight is 204 g/mol. The van der Waals surface area contributed by atoms with Gasteiger partial charge >= 0.3 is 0 Å². The van der Waals surface area contributed by atoms with E-state index in [1.165, 1.54) is 25.7 Å². The van der Waals surface area contributed by atoms with Crippen LogP contribution in [0.3, 0.4) is 0 Å². The summed E-state index contributed by atoms with van der Waals surface area (Å²) < 4.78 is 0. The van der Waals surface area contributed by atoms with Crippen LogP contribution in [-0.2, 0) is 4.79 Å². The van der Waals surface area contributed by atoms with Crippen LogP contribution in [0.2, 0.25) is 0 Å². The van der Waals surface area contributed by atoms with Gasteiger partial charge in [-0.2, -0.15) is 0 Å². The highest BCUT2D eigenvalue weighted by molar-refractivity contribution is 6.18. The van der Waals surface area contributed by atoms with Gasteiger partial charge in [0.05, 0.1) is 0 Å². The monoisotopic (exact) mass is 203 g/mol. The first-order chi connectivity index (χ1) is 6.33. The molecule has 1 aliphatic carbocycles. The highest BCUT2D eigenvalue weighted by Gasteiger charge is 2.13. The highest BCUT2D eigenvalue weighted by atomic mass is 35.5. The van der Waals surface area contributed by atoms with Gasteiger partial charge in [-0.25, -0.2) is 0 Å². The number of hydrogen-bond acceptors (Lipinski definition) is 1. The van der Waals surface area contributed by atoms with Crippen LogP contribution < -0.4 is 5.32 Å². The summed E-state index contributed by atoms with van der Waals surface area (Å²) in [4.78, 5) is 11.2. The summed E-state index contributed by atoms with van der Waals surface area (Å²) in [6, 6.07) is 0.415. The zero-order valence-corrected chi connectivity index (χ0v) is 8.78. The second-order valence-electron chi connectivity index (χ2n) is 3.69. The number of nitrogens with one attached hydrogen (secondary N) is 1. The first kappa shape index (κ1) is 10.8. The molecule has 0 aromatic rings. The van der Waals surface area contributed by atoms with Crippen LogP contribution >= 0.6 is 11.6 Å². The van der Waals surface area contributed by atoms with Crippen molar-refractivity contribution in [1.82, 2.24) is 5.32 Å². The minimum atomic E-state index is 0.113. The van der Waals surface area contributed by atoms with E-state index in [-0.39, 0.29) is 5.91 Å². The van der Waals surface area contributed by atoms with Crippen molar-refractivity contribution in [2.24, 2.45) is 0 Å². The normalized spacial score (nSPS) is 19.5. The lowest BCUT2D eigenvalue weighted by Gasteiger charge is -2.15. The van der Waals surface area contributed by atoms with Crippen molar-refractivity contribution in [3.8, 4) is 0 Å². The molecule has 0 bridgehead atoms. The second kappa shape index (κ2) is 6.25. The molecular weight excluding hydrogens is 186 g/mol. The molecule has 0 saturated heterocycles. The quantitative estimate of drug-likeness (QED) is 0.554. The Balaban J connectivity index is 2.21. The molecule has 1 amide bonds. The molecule has 1 rings (SSSR count). The lowest BCUT2D eigenvalue weighted by Crippen LogP contribution is -2.34. The fourth-order valence-corrected chi connectivity index (χ4v) is 1.98. The Labute approximate surface area is 85.0 Å². The molecule has 0 unspecified atom stereocenters. The summed E-state index contributed by atoms with van der Waals surface area (Å²) in [6.45, 7) is 0. The van der Waals surface area contributed by atoms with E-state index in [2.05, 4.69) is 5.32 Å². The fraction of sp³-hybridized carbons (Fsp3) is 0.900. The smallest absolute Gasteiger partial charge is 0.221 e. The molecule has 0 radical (unpaired) electrons. The molecule has 2 nitrogen and oxygen atoms in total. The maximum Gasteiger partial charge on any atom is 0.221 e. The standard InChI is InChI=1S/C10H18ClNO/c11-8-7-10(13)12-9-5-3-1-2-4-6-9/h9H,1-8H2,(H,12,13). The minimum absolute atomic E-state index is 0.113. The van der Waals surface area contributed by atoms with Crippen molar-refractivity contribution in [1.29, 1.82) is 0 Å². The Morgan fingerprint density at radius 2 is 1.85 bits per heavy atom. The van der Waals surface area contributed by atoms with Gasteiger partial charge in [0.25, 0.3) is 0 Å². The third-order valence-electron chi connectivity index (χ3n) is 2.54. The number of amides is 1. The van der Waals surface area contributed by atoms with Gasteiger partial charge in [0.15, 0.2) is 0 Å². The molecule has 0 aliphatic heterocycles. The summed E-state index contributed by atoms with van der Waals surface area (Å²) in [5, 5.41) is 3.04. The van der Waals surface area contributed by atoms with E-state index in [4.69, 9.17) is 11.6 Å². The number of rotatable bonds is 3. The van der Waals surface area contributed by atoms with Crippen LogP contribution in [0.15, 0.2) is 0 Å². The molecule has 0 atom stereocenters. The van der Waals surface area contributed by atoms with Crippen molar-refractivity contribution in [2.45, 2.75) is 51.0 Å². The van der Waals surface area contributed by atoms with Crippen molar-refractivity contribution in [3.05, 3.63) is 0 Å². The number of hydrogen-bond donors (Lipinski definition) is 1. The topological polar surface area (TPSA) is 29.1 Å². The summed E-state index contributed by atoms with van der Waals surface area (Å²) in [6.07, 6.45) is 7.90. The molecule has 13 heavy (non-hydrogen) atoms. The Morgan fingerprint density at radius 3 is 2.38 bits per heavy atom. The molecule has 1 fully saturated rings. The number of halogens is 1.